The number of primary amides is 1. The number of benzene rings is 2. The molecule has 0 aliphatic heterocycles. The maximum Gasteiger partial charge on any atom is 0.248 e. The number of fused-ring (bicyclic) bond motifs is 1. The third-order valence-electron chi connectivity index (χ3n) is 5.27. The lowest BCUT2D eigenvalue weighted by atomic mass is 10.0. The maximum atomic E-state index is 12.9. The summed E-state index contributed by atoms with van der Waals surface area (Å²) in [6, 6.07) is 12.9. The number of aromatic amines is 2. The molecule has 158 valence electrons. The van der Waals surface area contributed by atoms with E-state index in [4.69, 9.17) is 5.73 Å². The fourth-order valence-corrected chi connectivity index (χ4v) is 3.68. The van der Waals surface area contributed by atoms with E-state index in [-0.39, 0.29) is 12.2 Å². The van der Waals surface area contributed by atoms with Gasteiger partial charge in [-0.2, -0.15) is 15.3 Å². The number of nitrogens with two attached hydrogens (primary N) is 1. The second-order valence-corrected chi connectivity index (χ2v) is 7.53. The molecule has 0 spiro atoms. The van der Waals surface area contributed by atoms with Gasteiger partial charge in [0.15, 0.2) is 5.78 Å². The van der Waals surface area contributed by atoms with Crippen LogP contribution >= 0.6 is 0 Å². The molecule has 0 atom stereocenters. The monoisotopic (exact) mass is 425 g/mol. The number of carbonyl (C=O) groups excluding carboxylic acids is 2. The summed E-state index contributed by atoms with van der Waals surface area (Å²) in [4.78, 5) is 24.3. The predicted octanol–water partition coefficient (Wildman–Crippen LogP) is 2.72. The Labute approximate surface area is 182 Å². The Morgan fingerprint density at radius 3 is 2.75 bits per heavy atom. The zero-order chi connectivity index (χ0) is 22.1. The highest BCUT2D eigenvalue weighted by atomic mass is 16.1. The van der Waals surface area contributed by atoms with Crippen LogP contribution in [0.4, 0.5) is 0 Å². The lowest BCUT2D eigenvalue weighted by Gasteiger charge is -2.03. The minimum atomic E-state index is -0.471. The number of nitrogens with one attached hydrogen (secondary N) is 2. The van der Waals surface area contributed by atoms with E-state index in [0.29, 0.717) is 17.8 Å². The molecule has 0 aliphatic carbocycles. The highest BCUT2D eigenvalue weighted by Crippen LogP contribution is 2.25. The fourth-order valence-electron chi connectivity index (χ4n) is 3.68. The molecule has 2 aromatic carbocycles. The number of carbonyl (C=O) groups is 2. The summed E-state index contributed by atoms with van der Waals surface area (Å²) in [6.07, 6.45) is 7.23. The molecule has 0 saturated heterocycles. The van der Waals surface area contributed by atoms with Crippen molar-refractivity contribution < 1.29 is 9.59 Å². The standard InChI is InChI=1S/C23H19N7O2/c24-23(32)17-3-1-2-14(6-17)12-30-13-15(9-27-30)7-21(31)22-19-5-4-16(8-20(19)28-29-22)18-10-25-26-11-18/h1-6,8-11,13H,7,12H2,(H2,24,32)(H,25,26)(H,28,29). The van der Waals surface area contributed by atoms with Crippen molar-refractivity contribution in [2.75, 3.05) is 0 Å². The van der Waals surface area contributed by atoms with E-state index in [1.165, 1.54) is 0 Å². The number of Topliss-reactive ketones (excluding diaryl/α,β-unsaturated/α-hetero) is 1. The normalized spacial score (nSPS) is 11.1. The van der Waals surface area contributed by atoms with Gasteiger partial charge in [-0.15, -0.1) is 0 Å². The van der Waals surface area contributed by atoms with Gasteiger partial charge < -0.3 is 5.73 Å². The molecule has 1 amide bonds. The van der Waals surface area contributed by atoms with Crippen molar-refractivity contribution in [3.05, 3.63) is 89.6 Å². The van der Waals surface area contributed by atoms with E-state index in [1.807, 2.05) is 36.7 Å². The first-order valence-corrected chi connectivity index (χ1v) is 9.97. The summed E-state index contributed by atoms with van der Waals surface area (Å²) in [5, 5.41) is 19.1. The zero-order valence-corrected chi connectivity index (χ0v) is 16.9. The van der Waals surface area contributed by atoms with Gasteiger partial charge >= 0.3 is 0 Å². The Bertz CT molecular complexity index is 1430. The Kier molecular flexibility index (Phi) is 4.83. The number of hydrogen-bond acceptors (Lipinski definition) is 5. The second-order valence-electron chi connectivity index (χ2n) is 7.53. The smallest absolute Gasteiger partial charge is 0.248 e. The van der Waals surface area contributed by atoms with Crippen LogP contribution in [0.25, 0.3) is 22.0 Å². The quantitative estimate of drug-likeness (QED) is 0.345. The summed E-state index contributed by atoms with van der Waals surface area (Å²) in [5.74, 6) is -0.565. The van der Waals surface area contributed by atoms with Crippen molar-refractivity contribution >= 4 is 22.6 Å². The van der Waals surface area contributed by atoms with Crippen molar-refractivity contribution in [2.24, 2.45) is 5.73 Å². The number of aromatic nitrogens is 6. The van der Waals surface area contributed by atoms with Gasteiger partial charge in [0.1, 0.15) is 5.69 Å². The van der Waals surface area contributed by atoms with Gasteiger partial charge in [0.2, 0.25) is 5.91 Å². The molecule has 5 rings (SSSR count). The second kappa shape index (κ2) is 7.95. The molecule has 5 aromatic rings. The van der Waals surface area contributed by atoms with E-state index in [2.05, 4.69) is 25.5 Å². The summed E-state index contributed by atoms with van der Waals surface area (Å²) in [7, 11) is 0. The predicted molar refractivity (Wildman–Crippen MR) is 118 cm³/mol. The molecule has 0 radical (unpaired) electrons. The van der Waals surface area contributed by atoms with Crippen LogP contribution in [0.1, 0.15) is 32.0 Å². The topological polar surface area (TPSA) is 135 Å². The van der Waals surface area contributed by atoms with Crippen LogP contribution in [0.2, 0.25) is 0 Å². The third kappa shape index (κ3) is 3.79. The van der Waals surface area contributed by atoms with E-state index in [1.54, 1.807) is 35.3 Å². The molecular formula is C23H19N7O2. The van der Waals surface area contributed by atoms with Crippen molar-refractivity contribution in [3.63, 3.8) is 0 Å². The van der Waals surface area contributed by atoms with Gasteiger partial charge in [0.05, 0.1) is 24.5 Å². The third-order valence-corrected chi connectivity index (χ3v) is 5.27. The molecule has 0 fully saturated rings. The molecule has 0 aliphatic rings. The summed E-state index contributed by atoms with van der Waals surface area (Å²) >= 11 is 0. The van der Waals surface area contributed by atoms with Gasteiger partial charge in [-0.3, -0.25) is 24.5 Å². The number of hydrogen-bond donors (Lipinski definition) is 3. The number of nitrogens with zero attached hydrogens (tertiary/aromatic N) is 4. The summed E-state index contributed by atoms with van der Waals surface area (Å²) in [6.45, 7) is 0.470. The molecule has 0 unspecified atom stereocenters. The van der Waals surface area contributed by atoms with Gasteiger partial charge in [0, 0.05) is 35.3 Å². The van der Waals surface area contributed by atoms with Gasteiger partial charge in [-0.1, -0.05) is 18.2 Å². The van der Waals surface area contributed by atoms with Crippen molar-refractivity contribution in [1.29, 1.82) is 0 Å². The number of rotatable bonds is 7. The maximum absolute atomic E-state index is 12.9. The fraction of sp³-hybridized carbons (Fsp3) is 0.0870. The van der Waals surface area contributed by atoms with Crippen LogP contribution in [0.15, 0.2) is 67.3 Å². The Hall–Kier alpha value is -4.53. The first-order valence-electron chi connectivity index (χ1n) is 9.97. The number of amides is 1. The van der Waals surface area contributed by atoms with Crippen LogP contribution in [0.3, 0.4) is 0 Å². The van der Waals surface area contributed by atoms with Crippen LogP contribution in [0.5, 0.6) is 0 Å². The van der Waals surface area contributed by atoms with E-state index in [9.17, 15) is 9.59 Å². The molecule has 3 heterocycles. The zero-order valence-electron chi connectivity index (χ0n) is 16.9. The van der Waals surface area contributed by atoms with E-state index < -0.39 is 5.91 Å². The van der Waals surface area contributed by atoms with E-state index in [0.717, 1.165) is 33.2 Å². The van der Waals surface area contributed by atoms with Crippen molar-refractivity contribution in [1.82, 2.24) is 30.2 Å². The minimum absolute atomic E-state index is 0.0948. The summed E-state index contributed by atoms with van der Waals surface area (Å²) < 4.78 is 1.72. The number of H-pyrrole nitrogens is 2. The lowest BCUT2D eigenvalue weighted by Crippen LogP contribution is -2.11. The van der Waals surface area contributed by atoms with Crippen molar-refractivity contribution in [3.8, 4) is 11.1 Å². The van der Waals surface area contributed by atoms with Crippen LogP contribution in [-0.2, 0) is 13.0 Å². The molecule has 0 bridgehead atoms. The van der Waals surface area contributed by atoms with Gasteiger partial charge in [-0.05, 0) is 41.0 Å². The Morgan fingerprint density at radius 1 is 1.03 bits per heavy atom. The average Bonchev–Trinajstić information content (AvgIpc) is 3.54. The Morgan fingerprint density at radius 2 is 1.94 bits per heavy atom. The highest BCUT2D eigenvalue weighted by molar-refractivity contribution is 6.07. The van der Waals surface area contributed by atoms with E-state index >= 15 is 0 Å². The van der Waals surface area contributed by atoms with Gasteiger partial charge in [0.25, 0.3) is 0 Å². The lowest BCUT2D eigenvalue weighted by molar-refractivity contribution is 0.0985. The number of ketones is 1. The molecule has 4 N–H and O–H groups in total. The van der Waals surface area contributed by atoms with Crippen LogP contribution in [0, 0.1) is 0 Å². The molecule has 32 heavy (non-hydrogen) atoms. The largest absolute Gasteiger partial charge is 0.366 e. The molecular weight excluding hydrogens is 406 g/mol. The average molecular weight is 425 g/mol. The Balaban J connectivity index is 1.31. The van der Waals surface area contributed by atoms with Crippen LogP contribution < -0.4 is 5.73 Å². The molecule has 9 heteroatoms. The highest BCUT2D eigenvalue weighted by Gasteiger charge is 2.16. The molecule has 3 aromatic heterocycles. The van der Waals surface area contributed by atoms with Crippen LogP contribution in [-0.4, -0.2) is 41.9 Å². The van der Waals surface area contributed by atoms with Crippen molar-refractivity contribution in [2.45, 2.75) is 13.0 Å². The first kappa shape index (κ1) is 19.4. The minimum Gasteiger partial charge on any atom is -0.366 e. The van der Waals surface area contributed by atoms with Gasteiger partial charge in [-0.25, -0.2) is 0 Å². The molecule has 9 nitrogen and oxygen atoms in total. The summed E-state index contributed by atoms with van der Waals surface area (Å²) in [5.41, 5.74) is 10.6. The molecule has 0 saturated carbocycles. The first-order chi connectivity index (χ1) is 15.6. The SMILES string of the molecule is NC(=O)c1cccc(Cn2cc(CC(=O)c3n[nH]c4cc(-c5cn[nH]c5)ccc34)cn2)c1.